The lowest BCUT2D eigenvalue weighted by molar-refractivity contribution is 0.101. The average molecular weight is 513 g/mol. The van der Waals surface area contributed by atoms with Gasteiger partial charge in [0, 0.05) is 49.1 Å². The van der Waals surface area contributed by atoms with E-state index in [0.717, 1.165) is 11.1 Å². The van der Waals surface area contributed by atoms with Gasteiger partial charge >= 0.3 is 6.09 Å². The second kappa shape index (κ2) is 11.2. The van der Waals surface area contributed by atoms with Gasteiger partial charge in [0.2, 0.25) is 0 Å². The fourth-order valence-corrected chi connectivity index (χ4v) is 3.83. The van der Waals surface area contributed by atoms with Crippen LogP contribution in [0, 0.1) is 0 Å². The molecule has 0 atom stereocenters. The van der Waals surface area contributed by atoms with Gasteiger partial charge in [0.1, 0.15) is 18.0 Å². The van der Waals surface area contributed by atoms with Crippen LogP contribution in [0.25, 0.3) is 11.1 Å². The molecule has 2 aromatic heterocycles. The second-order valence-electron chi connectivity index (χ2n) is 8.57. The number of amides is 3. The molecule has 0 bridgehead atoms. The molecule has 5 N–H and O–H groups in total. The van der Waals surface area contributed by atoms with Crippen LogP contribution in [0.15, 0.2) is 85.7 Å². The molecule has 38 heavy (non-hydrogen) atoms. The van der Waals surface area contributed by atoms with Crippen molar-refractivity contribution in [2.24, 2.45) is 14.1 Å². The van der Waals surface area contributed by atoms with E-state index in [4.69, 9.17) is 10.5 Å². The van der Waals surface area contributed by atoms with Gasteiger partial charge in [-0.1, -0.05) is 24.8 Å². The molecule has 0 saturated heterocycles. The third-order valence-electron chi connectivity index (χ3n) is 5.69. The molecule has 0 aliphatic carbocycles. The van der Waals surface area contributed by atoms with E-state index in [9.17, 15) is 14.4 Å². The molecule has 2 aromatic carbocycles. The highest BCUT2D eigenvalue weighted by Gasteiger charge is 2.15. The van der Waals surface area contributed by atoms with Crippen molar-refractivity contribution in [3.63, 3.8) is 0 Å². The van der Waals surface area contributed by atoms with Crippen LogP contribution in [-0.4, -0.2) is 33.6 Å². The van der Waals surface area contributed by atoms with Gasteiger partial charge in [-0.25, -0.2) is 4.79 Å². The largest absolute Gasteiger partial charge is 0.445 e. The van der Waals surface area contributed by atoms with Gasteiger partial charge in [-0.05, 0) is 54.1 Å². The van der Waals surface area contributed by atoms with Gasteiger partial charge in [0.05, 0.1) is 5.69 Å². The molecule has 0 unspecified atom stereocenters. The minimum absolute atomic E-state index is 0.115. The second-order valence-corrected chi connectivity index (χ2v) is 8.57. The third-order valence-corrected chi connectivity index (χ3v) is 5.69. The zero-order chi connectivity index (χ0) is 27.2. The Labute approximate surface area is 219 Å². The number of aryl methyl sites for hydroxylation is 2. The monoisotopic (exact) mass is 512 g/mol. The molecule has 0 spiro atoms. The van der Waals surface area contributed by atoms with Crippen LogP contribution in [0.2, 0.25) is 0 Å². The summed E-state index contributed by atoms with van der Waals surface area (Å²) in [6, 6.07) is 17.4. The molecule has 10 heteroatoms. The summed E-state index contributed by atoms with van der Waals surface area (Å²) in [5, 5.41) is 8.30. The van der Waals surface area contributed by atoms with Crippen LogP contribution >= 0.6 is 0 Å². The molecule has 4 rings (SSSR count). The van der Waals surface area contributed by atoms with Crippen molar-refractivity contribution in [3.8, 4) is 11.1 Å². The number of ether oxygens (including phenoxy) is 1. The Bertz CT molecular complexity index is 1480. The minimum Gasteiger partial charge on any atom is -0.445 e. The minimum atomic E-state index is -0.588. The van der Waals surface area contributed by atoms with Crippen LogP contribution in [-0.2, 0) is 18.8 Å². The molecule has 0 radical (unpaired) electrons. The number of nitrogens with one attached hydrogen (secondary N) is 3. The summed E-state index contributed by atoms with van der Waals surface area (Å²) in [5.41, 5.74) is 10.7. The first kappa shape index (κ1) is 25.8. The number of rotatable bonds is 8. The molecule has 194 valence electrons. The standard InChI is InChI=1S/C28H28N6O4/c1-4-13-38-28(37)32-23-11-9-22(10-12-23)31-26(35)24-14-19(16-33(24)2)18-5-7-21(8-6-18)30-27(36)25-15-20(29)17-34(25)3/h4-12,14-17H,1,13,29H2,2-3H3,(H,30,36)(H,31,35)(H,32,37). The van der Waals surface area contributed by atoms with E-state index in [0.29, 0.717) is 34.1 Å². The fourth-order valence-electron chi connectivity index (χ4n) is 3.83. The molecular formula is C28H28N6O4. The summed E-state index contributed by atoms with van der Waals surface area (Å²) in [5.74, 6) is -0.539. The number of nitrogens with two attached hydrogens (primary N) is 1. The number of aromatic nitrogens is 2. The van der Waals surface area contributed by atoms with E-state index in [1.54, 1.807) is 78.0 Å². The number of hydrogen-bond donors (Lipinski definition) is 4. The Morgan fingerprint density at radius 3 is 1.82 bits per heavy atom. The Morgan fingerprint density at radius 2 is 1.29 bits per heavy atom. The summed E-state index contributed by atoms with van der Waals surface area (Å²) >= 11 is 0. The van der Waals surface area contributed by atoms with Crippen molar-refractivity contribution >= 4 is 40.7 Å². The smallest absolute Gasteiger partial charge is 0.411 e. The van der Waals surface area contributed by atoms with Gasteiger partial charge in [-0.2, -0.15) is 0 Å². The molecule has 0 saturated carbocycles. The number of nitrogens with zero attached hydrogens (tertiary/aromatic N) is 2. The maximum atomic E-state index is 12.9. The molecule has 2 heterocycles. The van der Waals surface area contributed by atoms with Gasteiger partial charge in [-0.15, -0.1) is 0 Å². The fraction of sp³-hybridized carbons (Fsp3) is 0.107. The Morgan fingerprint density at radius 1 is 0.789 bits per heavy atom. The van der Waals surface area contributed by atoms with E-state index in [1.807, 2.05) is 18.3 Å². The zero-order valence-electron chi connectivity index (χ0n) is 21.0. The molecule has 3 amide bonds. The van der Waals surface area contributed by atoms with E-state index in [-0.39, 0.29) is 18.4 Å². The predicted octanol–water partition coefficient (Wildman–Crippen LogP) is 4.85. The van der Waals surface area contributed by atoms with Gasteiger partial charge in [0.25, 0.3) is 11.8 Å². The molecule has 0 fully saturated rings. The zero-order valence-corrected chi connectivity index (χ0v) is 21.0. The highest BCUT2D eigenvalue weighted by atomic mass is 16.5. The average Bonchev–Trinajstić information content (AvgIpc) is 3.45. The number of benzene rings is 2. The quantitative estimate of drug-likeness (QED) is 0.251. The summed E-state index contributed by atoms with van der Waals surface area (Å²) in [6.07, 6.45) is 4.43. The molecule has 0 aliphatic rings. The van der Waals surface area contributed by atoms with Gasteiger partial charge in [0.15, 0.2) is 0 Å². The van der Waals surface area contributed by atoms with Crippen molar-refractivity contribution in [3.05, 3.63) is 97.1 Å². The van der Waals surface area contributed by atoms with E-state index in [2.05, 4.69) is 22.5 Å². The molecule has 0 aliphatic heterocycles. The van der Waals surface area contributed by atoms with Crippen molar-refractivity contribution in [1.82, 2.24) is 9.13 Å². The first-order chi connectivity index (χ1) is 18.2. The van der Waals surface area contributed by atoms with Crippen molar-refractivity contribution < 1.29 is 19.1 Å². The topological polar surface area (TPSA) is 132 Å². The number of carbonyl (C=O) groups excluding carboxylic acids is 3. The van der Waals surface area contributed by atoms with E-state index in [1.165, 1.54) is 6.08 Å². The van der Waals surface area contributed by atoms with Crippen LogP contribution in [0.4, 0.5) is 27.5 Å². The first-order valence-electron chi connectivity index (χ1n) is 11.7. The lowest BCUT2D eigenvalue weighted by atomic mass is 10.1. The number of anilines is 4. The third kappa shape index (κ3) is 6.11. The van der Waals surface area contributed by atoms with Crippen LogP contribution in [0.1, 0.15) is 21.0 Å². The lowest BCUT2D eigenvalue weighted by Gasteiger charge is -2.08. The van der Waals surface area contributed by atoms with Crippen molar-refractivity contribution in [1.29, 1.82) is 0 Å². The van der Waals surface area contributed by atoms with Crippen LogP contribution < -0.4 is 21.7 Å². The van der Waals surface area contributed by atoms with E-state index < -0.39 is 6.09 Å². The maximum absolute atomic E-state index is 12.9. The molecule has 10 nitrogen and oxygen atoms in total. The summed E-state index contributed by atoms with van der Waals surface area (Å²) < 4.78 is 8.29. The maximum Gasteiger partial charge on any atom is 0.411 e. The summed E-state index contributed by atoms with van der Waals surface area (Å²) in [4.78, 5) is 37.1. The highest BCUT2D eigenvalue weighted by molar-refractivity contribution is 6.05. The molecular weight excluding hydrogens is 484 g/mol. The Kier molecular flexibility index (Phi) is 7.62. The number of hydrogen-bond acceptors (Lipinski definition) is 5. The van der Waals surface area contributed by atoms with Crippen molar-refractivity contribution in [2.75, 3.05) is 28.3 Å². The van der Waals surface area contributed by atoms with Crippen LogP contribution in [0.3, 0.4) is 0 Å². The Balaban J connectivity index is 1.39. The highest BCUT2D eigenvalue weighted by Crippen LogP contribution is 2.25. The summed E-state index contributed by atoms with van der Waals surface area (Å²) in [7, 11) is 3.55. The van der Waals surface area contributed by atoms with Gasteiger partial charge < -0.3 is 30.2 Å². The van der Waals surface area contributed by atoms with E-state index >= 15 is 0 Å². The van der Waals surface area contributed by atoms with Crippen molar-refractivity contribution in [2.45, 2.75) is 0 Å². The number of nitrogen functional groups attached to an aromatic ring is 1. The predicted molar refractivity (Wildman–Crippen MR) is 148 cm³/mol. The van der Waals surface area contributed by atoms with Gasteiger partial charge in [-0.3, -0.25) is 14.9 Å². The normalized spacial score (nSPS) is 10.5. The Hall–Kier alpha value is -5.25. The molecule has 4 aromatic rings. The van der Waals surface area contributed by atoms with Crippen LogP contribution in [0.5, 0.6) is 0 Å². The number of carbonyl (C=O) groups is 3. The first-order valence-corrected chi connectivity index (χ1v) is 11.7. The SMILES string of the molecule is C=CCOC(=O)Nc1ccc(NC(=O)c2cc(-c3ccc(NC(=O)c4cc(N)cn4C)cc3)cn2C)cc1. The lowest BCUT2D eigenvalue weighted by Crippen LogP contribution is -2.16. The summed E-state index contributed by atoms with van der Waals surface area (Å²) in [6.45, 7) is 3.60.